The van der Waals surface area contributed by atoms with Crippen molar-refractivity contribution in [2.24, 2.45) is 5.92 Å². The third kappa shape index (κ3) is 1.52. The lowest BCUT2D eigenvalue weighted by Gasteiger charge is -2.08. The van der Waals surface area contributed by atoms with Crippen LogP contribution in [0.2, 0.25) is 0 Å². The molecule has 2 heterocycles. The molecule has 0 spiro atoms. The lowest BCUT2D eigenvalue weighted by atomic mass is 10.1. The molecule has 3 rings (SSSR count). The van der Waals surface area contributed by atoms with Gasteiger partial charge in [-0.05, 0) is 30.9 Å². The molecule has 1 aliphatic rings. The second kappa shape index (κ2) is 3.44. The third-order valence-electron chi connectivity index (χ3n) is 3.00. The summed E-state index contributed by atoms with van der Waals surface area (Å²) in [5, 5.41) is 0. The van der Waals surface area contributed by atoms with Crippen molar-refractivity contribution in [1.29, 1.82) is 0 Å². The summed E-state index contributed by atoms with van der Waals surface area (Å²) in [7, 11) is 1.76. The second-order valence-electron chi connectivity index (χ2n) is 4.40. The Bertz CT molecular complexity index is 604. The highest BCUT2D eigenvalue weighted by Gasteiger charge is 2.23. The summed E-state index contributed by atoms with van der Waals surface area (Å²) in [6, 6.07) is 3.75. The summed E-state index contributed by atoms with van der Waals surface area (Å²) in [6.45, 7) is 0.787. The van der Waals surface area contributed by atoms with E-state index < -0.39 is 0 Å². The van der Waals surface area contributed by atoms with Gasteiger partial charge < -0.3 is 0 Å². The van der Waals surface area contributed by atoms with Crippen LogP contribution in [-0.4, -0.2) is 22.4 Å². The van der Waals surface area contributed by atoms with Crippen molar-refractivity contribution in [1.82, 2.24) is 14.5 Å². The monoisotopic (exact) mass is 213 g/mol. The molecule has 0 atom stereocenters. The Labute approximate surface area is 93.7 Å². The topological polar surface area (TPSA) is 47.8 Å². The van der Waals surface area contributed by atoms with E-state index in [-0.39, 0.29) is 5.56 Å². The van der Waals surface area contributed by atoms with Crippen LogP contribution in [0.5, 0.6) is 0 Å². The molecule has 0 amide bonds. The molecule has 0 bridgehead atoms. The van der Waals surface area contributed by atoms with E-state index in [0.29, 0.717) is 17.2 Å². The number of aromatic nitrogens is 3. The predicted molar refractivity (Wildman–Crippen MR) is 64.7 cm³/mol. The summed E-state index contributed by atoms with van der Waals surface area (Å²) >= 11 is 0. The molecular formula is C11H12BN3O. The Morgan fingerprint density at radius 2 is 2.31 bits per heavy atom. The first-order chi connectivity index (χ1) is 7.75. The zero-order valence-electron chi connectivity index (χ0n) is 9.18. The largest absolute Gasteiger partial charge is 0.290 e. The fourth-order valence-electron chi connectivity index (χ4n) is 1.93. The Morgan fingerprint density at radius 1 is 1.50 bits per heavy atom. The van der Waals surface area contributed by atoms with E-state index in [1.54, 1.807) is 18.6 Å². The minimum atomic E-state index is -0.00176. The number of fused-ring (bicyclic) bond motifs is 1. The average molecular weight is 213 g/mol. The zero-order chi connectivity index (χ0) is 11.1. The van der Waals surface area contributed by atoms with E-state index in [1.165, 1.54) is 12.8 Å². The molecule has 0 unspecified atom stereocenters. The molecule has 16 heavy (non-hydrogen) atoms. The Morgan fingerprint density at radius 3 is 3.06 bits per heavy atom. The van der Waals surface area contributed by atoms with Gasteiger partial charge in [0.2, 0.25) is 0 Å². The molecule has 1 fully saturated rings. The molecule has 0 aromatic carbocycles. The lowest BCUT2D eigenvalue weighted by molar-refractivity contribution is 0.622. The van der Waals surface area contributed by atoms with Gasteiger partial charge in [-0.25, -0.2) is 4.98 Å². The Kier molecular flexibility index (Phi) is 2.06. The van der Waals surface area contributed by atoms with Crippen LogP contribution in [0.15, 0.2) is 23.1 Å². The average Bonchev–Trinajstić information content (AvgIpc) is 3.08. The third-order valence-corrected chi connectivity index (χ3v) is 3.00. The molecular weight excluding hydrogens is 201 g/mol. The van der Waals surface area contributed by atoms with Crippen molar-refractivity contribution in [3.63, 3.8) is 0 Å². The molecule has 0 saturated heterocycles. The van der Waals surface area contributed by atoms with Gasteiger partial charge in [0.25, 0.3) is 5.56 Å². The number of hydrogen-bond donors (Lipinski definition) is 0. The van der Waals surface area contributed by atoms with Crippen molar-refractivity contribution in [2.45, 2.75) is 19.4 Å². The number of hydrogen-bond acceptors (Lipinski definition) is 3. The maximum atomic E-state index is 12.0. The first-order valence-corrected chi connectivity index (χ1v) is 5.58. The van der Waals surface area contributed by atoms with Crippen LogP contribution in [0.3, 0.4) is 0 Å². The Hall–Kier alpha value is -1.65. The maximum Gasteiger partial charge on any atom is 0.263 e. The van der Waals surface area contributed by atoms with Crippen LogP contribution in [0.1, 0.15) is 12.8 Å². The second-order valence-corrected chi connectivity index (χ2v) is 4.40. The van der Waals surface area contributed by atoms with Crippen molar-refractivity contribution < 1.29 is 0 Å². The molecule has 2 aromatic heterocycles. The quantitative estimate of drug-likeness (QED) is 0.629. The van der Waals surface area contributed by atoms with E-state index in [4.69, 9.17) is 0 Å². The van der Waals surface area contributed by atoms with E-state index in [2.05, 4.69) is 9.97 Å². The van der Waals surface area contributed by atoms with Crippen molar-refractivity contribution >= 4 is 24.6 Å². The molecule has 4 nitrogen and oxygen atoms in total. The predicted octanol–water partition coefficient (Wildman–Crippen LogP) is -0.540. The van der Waals surface area contributed by atoms with Gasteiger partial charge in [0, 0.05) is 12.7 Å². The highest BCUT2D eigenvalue weighted by Crippen LogP contribution is 2.30. The molecule has 1 aliphatic carbocycles. The van der Waals surface area contributed by atoms with Crippen LogP contribution in [0, 0.1) is 5.92 Å². The van der Waals surface area contributed by atoms with Crippen molar-refractivity contribution in [3.05, 3.63) is 28.7 Å². The number of pyridine rings is 1. The summed E-state index contributed by atoms with van der Waals surface area (Å²) in [4.78, 5) is 20.5. The first-order valence-electron chi connectivity index (χ1n) is 5.58. The lowest BCUT2D eigenvalue weighted by Crippen LogP contribution is -2.37. The van der Waals surface area contributed by atoms with Gasteiger partial charge in [0.15, 0.2) is 13.5 Å². The highest BCUT2D eigenvalue weighted by atomic mass is 16.1. The van der Waals surface area contributed by atoms with E-state index in [9.17, 15) is 4.79 Å². The smallest absolute Gasteiger partial charge is 0.263 e. The molecule has 0 aliphatic heterocycles. The van der Waals surface area contributed by atoms with Gasteiger partial charge in [0.05, 0.1) is 5.59 Å². The number of nitrogens with zero attached hydrogens (tertiary/aromatic N) is 3. The maximum absolute atomic E-state index is 12.0. The summed E-state index contributed by atoms with van der Waals surface area (Å²) in [6.07, 6.45) is 4.16. The number of rotatable bonds is 2. The van der Waals surface area contributed by atoms with Gasteiger partial charge >= 0.3 is 0 Å². The fraction of sp³-hybridized carbons (Fsp3) is 0.364. The van der Waals surface area contributed by atoms with Crippen molar-refractivity contribution in [3.8, 4) is 0 Å². The molecule has 1 saturated carbocycles. The Balaban J connectivity index is 2.27. The molecule has 5 heteroatoms. The van der Waals surface area contributed by atoms with Crippen molar-refractivity contribution in [2.75, 3.05) is 0 Å². The summed E-state index contributed by atoms with van der Waals surface area (Å²) in [5.41, 5.74) is 2.07. The van der Waals surface area contributed by atoms with Gasteiger partial charge in [0.1, 0.15) is 5.52 Å². The standard InChI is InChI=1S/C11H12BN3O/c12-9-11(16)15(6-7-3-4-7)10-8(14-9)2-1-5-13-10/h1-2,5,7H,3-4,6,12H2. The zero-order valence-corrected chi connectivity index (χ0v) is 9.18. The normalized spacial score (nSPS) is 15.5. The summed E-state index contributed by atoms with van der Waals surface area (Å²) < 4.78 is 1.77. The van der Waals surface area contributed by atoms with E-state index >= 15 is 0 Å². The minimum Gasteiger partial charge on any atom is -0.290 e. The van der Waals surface area contributed by atoms with Crippen LogP contribution in [0.25, 0.3) is 11.2 Å². The van der Waals surface area contributed by atoms with Crippen LogP contribution < -0.4 is 11.2 Å². The molecule has 0 radical (unpaired) electrons. The van der Waals surface area contributed by atoms with Gasteiger partial charge in [-0.1, -0.05) is 0 Å². The molecule has 0 N–H and O–H groups in total. The van der Waals surface area contributed by atoms with Crippen LogP contribution in [-0.2, 0) is 6.54 Å². The fourth-order valence-corrected chi connectivity index (χ4v) is 1.93. The summed E-state index contributed by atoms with van der Waals surface area (Å²) in [5.74, 6) is 0.657. The van der Waals surface area contributed by atoms with Gasteiger partial charge in [-0.3, -0.25) is 14.3 Å². The first kappa shape index (κ1) is 9.57. The van der Waals surface area contributed by atoms with Gasteiger partial charge in [-0.2, -0.15) is 0 Å². The molecule has 2 aromatic rings. The minimum absolute atomic E-state index is 0.00176. The molecule has 80 valence electrons. The SMILES string of the molecule is Bc1nc2cccnc2n(CC2CC2)c1=O. The van der Waals surface area contributed by atoms with E-state index in [0.717, 1.165) is 12.1 Å². The van der Waals surface area contributed by atoms with Crippen LogP contribution >= 0.6 is 0 Å². The van der Waals surface area contributed by atoms with Crippen LogP contribution in [0.4, 0.5) is 0 Å². The van der Waals surface area contributed by atoms with E-state index in [1.807, 2.05) is 12.1 Å². The highest BCUT2D eigenvalue weighted by molar-refractivity contribution is 6.30. The van der Waals surface area contributed by atoms with Gasteiger partial charge in [-0.15, -0.1) is 0 Å².